The number of rotatable bonds is 8. The first-order chi connectivity index (χ1) is 18.3. The summed E-state index contributed by atoms with van der Waals surface area (Å²) in [5.74, 6) is -0.829. The zero-order chi connectivity index (χ0) is 27.2. The van der Waals surface area contributed by atoms with Gasteiger partial charge < -0.3 is 20.7 Å². The number of thioether (sulfide) groups is 1. The van der Waals surface area contributed by atoms with Crippen LogP contribution in [-0.4, -0.2) is 40.3 Å². The largest absolute Gasteiger partial charge is 0.461 e. The molecule has 3 amide bonds. The lowest BCUT2D eigenvalue weighted by atomic mass is 10.1. The lowest BCUT2D eigenvalue weighted by molar-refractivity contribution is -0.114. The monoisotopic (exact) mass is 569 g/mol. The summed E-state index contributed by atoms with van der Waals surface area (Å²) in [4.78, 5) is 42.4. The van der Waals surface area contributed by atoms with Crippen LogP contribution < -0.4 is 16.0 Å². The molecule has 0 atom stereocenters. The Morgan fingerprint density at radius 2 is 1.84 bits per heavy atom. The van der Waals surface area contributed by atoms with Crippen molar-refractivity contribution in [3.63, 3.8) is 0 Å². The fourth-order valence-corrected chi connectivity index (χ4v) is 5.13. The van der Waals surface area contributed by atoms with E-state index in [-0.39, 0.29) is 29.0 Å². The van der Waals surface area contributed by atoms with Gasteiger partial charge in [-0.15, -0.1) is 23.1 Å². The standard InChI is InChI=1S/C26H24ClN5O4S2/c1-4-36-24(34)23-20(30-25(35)29-17-6-5-7-19(12-17)37-3)13-22(27)32(23)18-10-8-16(9-11-18)21-14-38-26(31-21)28-15(2)33/h5-14H,4H2,1-3H3,(H,28,31,33)(H2,29,30,35). The molecule has 9 nitrogen and oxygen atoms in total. The van der Waals surface area contributed by atoms with Crippen LogP contribution in [0.25, 0.3) is 16.9 Å². The maximum Gasteiger partial charge on any atom is 0.357 e. The van der Waals surface area contributed by atoms with E-state index >= 15 is 0 Å². The van der Waals surface area contributed by atoms with Crippen molar-refractivity contribution in [2.45, 2.75) is 18.7 Å². The number of thiazole rings is 1. The van der Waals surface area contributed by atoms with Gasteiger partial charge in [0.05, 0.1) is 18.0 Å². The Morgan fingerprint density at radius 1 is 1.08 bits per heavy atom. The predicted octanol–water partition coefficient (Wildman–Crippen LogP) is 6.76. The maximum absolute atomic E-state index is 13.0. The van der Waals surface area contributed by atoms with Gasteiger partial charge in [-0.05, 0) is 43.5 Å². The molecule has 0 saturated carbocycles. The van der Waals surface area contributed by atoms with E-state index in [9.17, 15) is 14.4 Å². The molecule has 0 fully saturated rings. The van der Waals surface area contributed by atoms with Crippen LogP contribution in [0, 0.1) is 0 Å². The van der Waals surface area contributed by atoms with Crippen LogP contribution in [0.4, 0.5) is 21.3 Å². The Kier molecular flexibility index (Phi) is 8.72. The van der Waals surface area contributed by atoms with Crippen LogP contribution >= 0.6 is 34.7 Å². The minimum atomic E-state index is -0.636. The van der Waals surface area contributed by atoms with Crippen molar-refractivity contribution in [3.05, 3.63) is 70.8 Å². The molecule has 0 radical (unpaired) electrons. The smallest absolute Gasteiger partial charge is 0.357 e. The Morgan fingerprint density at radius 3 is 2.53 bits per heavy atom. The summed E-state index contributed by atoms with van der Waals surface area (Å²) < 4.78 is 6.78. The third kappa shape index (κ3) is 6.36. The number of carbonyl (C=O) groups excluding carboxylic acids is 3. The first-order valence-corrected chi connectivity index (χ1v) is 13.9. The van der Waals surface area contributed by atoms with Crippen molar-refractivity contribution in [2.24, 2.45) is 0 Å². The van der Waals surface area contributed by atoms with E-state index in [2.05, 4.69) is 20.9 Å². The number of amides is 3. The Labute approximate surface area is 232 Å². The molecular weight excluding hydrogens is 546 g/mol. The van der Waals surface area contributed by atoms with Crippen molar-refractivity contribution in [1.82, 2.24) is 9.55 Å². The Bertz CT molecular complexity index is 1480. The summed E-state index contributed by atoms with van der Waals surface area (Å²) in [7, 11) is 0. The molecule has 2 aromatic heterocycles. The zero-order valence-electron chi connectivity index (χ0n) is 20.7. The number of halogens is 1. The van der Waals surface area contributed by atoms with Gasteiger partial charge in [-0.25, -0.2) is 14.6 Å². The Hall–Kier alpha value is -3.80. The third-order valence-corrected chi connectivity index (χ3v) is 6.97. The van der Waals surface area contributed by atoms with Crippen molar-refractivity contribution >= 4 is 69.1 Å². The minimum Gasteiger partial charge on any atom is -0.461 e. The summed E-state index contributed by atoms with van der Waals surface area (Å²) in [6.07, 6.45) is 1.95. The lowest BCUT2D eigenvalue weighted by Crippen LogP contribution is -2.22. The highest BCUT2D eigenvalue weighted by molar-refractivity contribution is 7.98. The second kappa shape index (κ2) is 12.2. The first-order valence-electron chi connectivity index (χ1n) is 11.4. The van der Waals surface area contributed by atoms with E-state index in [1.165, 1.54) is 28.9 Å². The van der Waals surface area contributed by atoms with Crippen molar-refractivity contribution < 1.29 is 19.1 Å². The van der Waals surface area contributed by atoms with E-state index in [4.69, 9.17) is 16.3 Å². The summed E-state index contributed by atoms with van der Waals surface area (Å²) >= 11 is 9.43. The van der Waals surface area contributed by atoms with Gasteiger partial charge in [0.2, 0.25) is 5.91 Å². The minimum absolute atomic E-state index is 0.0826. The number of benzene rings is 2. The molecule has 3 N–H and O–H groups in total. The number of nitrogens with one attached hydrogen (secondary N) is 3. The molecule has 0 aliphatic rings. The highest BCUT2D eigenvalue weighted by atomic mass is 35.5. The van der Waals surface area contributed by atoms with Gasteiger partial charge in [-0.2, -0.15) is 0 Å². The van der Waals surface area contributed by atoms with Gasteiger partial charge in [0.25, 0.3) is 0 Å². The summed E-state index contributed by atoms with van der Waals surface area (Å²) in [6, 6.07) is 15.6. The number of nitrogens with zero attached hydrogens (tertiary/aromatic N) is 2. The zero-order valence-corrected chi connectivity index (χ0v) is 23.1. The lowest BCUT2D eigenvalue weighted by Gasteiger charge is -2.13. The fourth-order valence-electron chi connectivity index (χ4n) is 3.61. The molecule has 0 aliphatic carbocycles. The number of hydrogen-bond donors (Lipinski definition) is 3. The van der Waals surface area contributed by atoms with E-state index in [1.54, 1.807) is 36.9 Å². The maximum atomic E-state index is 13.0. The van der Waals surface area contributed by atoms with E-state index < -0.39 is 12.0 Å². The van der Waals surface area contributed by atoms with Gasteiger partial charge in [0, 0.05) is 40.2 Å². The number of hydrogen-bond acceptors (Lipinski definition) is 7. The number of esters is 1. The molecular formula is C26H24ClN5O4S2. The molecule has 0 aliphatic heterocycles. The second-order valence-corrected chi connectivity index (χ2v) is 9.99. The molecule has 0 saturated heterocycles. The van der Waals surface area contributed by atoms with Gasteiger partial charge in [0.1, 0.15) is 5.15 Å². The molecule has 4 aromatic rings. The molecule has 0 unspecified atom stereocenters. The summed E-state index contributed by atoms with van der Waals surface area (Å²) in [5, 5.41) is 10.7. The van der Waals surface area contributed by atoms with Crippen LogP contribution in [0.3, 0.4) is 0 Å². The number of aromatic nitrogens is 2. The molecule has 38 heavy (non-hydrogen) atoms. The predicted molar refractivity (Wildman–Crippen MR) is 153 cm³/mol. The second-order valence-electron chi connectivity index (χ2n) is 7.86. The first kappa shape index (κ1) is 27.2. The average molecular weight is 570 g/mol. The van der Waals surface area contributed by atoms with Gasteiger partial charge in [-0.3, -0.25) is 9.36 Å². The van der Waals surface area contributed by atoms with Crippen LogP contribution in [0.15, 0.2) is 64.9 Å². The van der Waals surface area contributed by atoms with Gasteiger partial charge in [-0.1, -0.05) is 29.8 Å². The molecule has 4 rings (SSSR count). The molecule has 0 spiro atoms. The van der Waals surface area contributed by atoms with Crippen LogP contribution in [0.5, 0.6) is 0 Å². The average Bonchev–Trinajstić information content (AvgIpc) is 3.47. The molecule has 0 bridgehead atoms. The summed E-state index contributed by atoms with van der Waals surface area (Å²) in [6.45, 7) is 3.27. The van der Waals surface area contributed by atoms with Crippen molar-refractivity contribution in [2.75, 3.05) is 28.8 Å². The molecule has 196 valence electrons. The highest BCUT2D eigenvalue weighted by Crippen LogP contribution is 2.32. The van der Waals surface area contributed by atoms with Crippen LogP contribution in [0.1, 0.15) is 24.3 Å². The molecule has 2 aromatic carbocycles. The molecule has 2 heterocycles. The topological polar surface area (TPSA) is 114 Å². The Balaban J connectivity index is 1.62. The number of carbonyl (C=O) groups is 3. The molecule has 12 heteroatoms. The van der Waals surface area contributed by atoms with Crippen molar-refractivity contribution in [3.8, 4) is 16.9 Å². The number of anilines is 3. The highest BCUT2D eigenvalue weighted by Gasteiger charge is 2.24. The van der Waals surface area contributed by atoms with E-state index in [1.807, 2.05) is 42.0 Å². The summed E-state index contributed by atoms with van der Waals surface area (Å²) in [5.41, 5.74) is 2.98. The third-order valence-electron chi connectivity index (χ3n) is 5.21. The fraction of sp³-hybridized carbons (Fsp3) is 0.154. The quantitative estimate of drug-likeness (QED) is 0.160. The normalized spacial score (nSPS) is 10.6. The van der Waals surface area contributed by atoms with Gasteiger partial charge in [0.15, 0.2) is 10.8 Å². The van der Waals surface area contributed by atoms with Crippen LogP contribution in [0.2, 0.25) is 5.15 Å². The van der Waals surface area contributed by atoms with Gasteiger partial charge >= 0.3 is 12.0 Å². The number of urea groups is 1. The van der Waals surface area contributed by atoms with E-state index in [0.29, 0.717) is 22.2 Å². The van der Waals surface area contributed by atoms with Crippen LogP contribution in [-0.2, 0) is 9.53 Å². The van der Waals surface area contributed by atoms with Crippen molar-refractivity contribution in [1.29, 1.82) is 0 Å². The number of ether oxygens (including phenoxy) is 1. The SMILES string of the molecule is CCOC(=O)c1c(NC(=O)Nc2cccc(SC)c2)cc(Cl)n1-c1ccc(-c2csc(NC(C)=O)n2)cc1. The van der Waals surface area contributed by atoms with E-state index in [0.717, 1.165) is 10.5 Å².